The van der Waals surface area contributed by atoms with E-state index in [1.54, 1.807) is 17.7 Å². The summed E-state index contributed by atoms with van der Waals surface area (Å²) in [6.07, 6.45) is 2.49. The van der Waals surface area contributed by atoms with Gasteiger partial charge < -0.3 is 9.15 Å². The molecular formula is C31H28F2NO2+. The fourth-order valence-electron chi connectivity index (χ4n) is 5.22. The largest absolute Gasteiger partial charge is 0.454 e. The Morgan fingerprint density at radius 3 is 2.31 bits per heavy atom. The molecule has 0 radical (unpaired) electrons. The van der Waals surface area contributed by atoms with Gasteiger partial charge >= 0.3 is 0 Å². The average molecular weight is 489 g/mol. The molecule has 0 spiro atoms. The monoisotopic (exact) mass is 488 g/mol. The van der Waals surface area contributed by atoms with Crippen LogP contribution in [0.5, 0.6) is 0 Å². The highest BCUT2D eigenvalue weighted by Gasteiger charge is 2.24. The summed E-state index contributed by atoms with van der Waals surface area (Å²) >= 11 is 0. The third kappa shape index (κ3) is 3.70. The first kappa shape index (κ1) is 18.7. The van der Waals surface area contributed by atoms with E-state index in [-0.39, 0.29) is 5.56 Å². The second-order valence-electron chi connectivity index (χ2n) is 9.36. The molecule has 1 aliphatic rings. The van der Waals surface area contributed by atoms with Gasteiger partial charge in [0, 0.05) is 41.1 Å². The Morgan fingerprint density at radius 2 is 1.58 bits per heavy atom. The molecule has 0 saturated carbocycles. The number of aryl methyl sites for hydroxylation is 3. The third-order valence-electron chi connectivity index (χ3n) is 7.12. The first-order valence-corrected chi connectivity index (χ1v) is 12.0. The van der Waals surface area contributed by atoms with E-state index < -0.39 is 24.4 Å². The molecule has 0 unspecified atom stereocenters. The molecule has 1 aliphatic heterocycles. The number of nitrogens with zero attached hydrogens (tertiary/aromatic N) is 1. The number of rotatable bonds is 3. The molecule has 0 amide bonds. The number of fused-ring (bicyclic) bond motifs is 3. The number of benzene rings is 3. The van der Waals surface area contributed by atoms with Crippen molar-refractivity contribution in [3.63, 3.8) is 0 Å². The molecule has 3 nitrogen and oxygen atoms in total. The lowest BCUT2D eigenvalue weighted by Crippen LogP contribution is -2.31. The first-order valence-electron chi connectivity index (χ1n) is 14.0. The molecule has 5 aromatic rings. The summed E-state index contributed by atoms with van der Waals surface area (Å²) in [4.78, 5) is 0. The molecule has 3 aromatic carbocycles. The van der Waals surface area contributed by atoms with Crippen molar-refractivity contribution in [1.29, 1.82) is 0 Å². The predicted molar refractivity (Wildman–Crippen MR) is 138 cm³/mol. The van der Waals surface area contributed by atoms with E-state index in [1.165, 1.54) is 18.3 Å². The SMILES string of the molecule is [2H]C([2H])([2H])c1c[n+](C)c(-c2c(C)ccc3c2oc2c(-c4ccc(C5([2H])CCOCC5)cc4)c(F)ccc23)cc1F. The number of aromatic nitrogens is 1. The van der Waals surface area contributed by atoms with Crippen LogP contribution in [0.2, 0.25) is 0 Å². The molecular weight excluding hydrogens is 456 g/mol. The quantitative estimate of drug-likeness (QED) is 0.245. The lowest BCUT2D eigenvalue weighted by Gasteiger charge is -2.22. The van der Waals surface area contributed by atoms with Gasteiger partial charge in [-0.2, -0.15) is 0 Å². The fourth-order valence-corrected chi connectivity index (χ4v) is 5.22. The molecule has 1 saturated heterocycles. The van der Waals surface area contributed by atoms with Crippen LogP contribution in [0.15, 0.2) is 65.2 Å². The van der Waals surface area contributed by atoms with E-state index in [1.807, 2.05) is 43.3 Å². The van der Waals surface area contributed by atoms with Crippen LogP contribution in [0.3, 0.4) is 0 Å². The summed E-state index contributed by atoms with van der Waals surface area (Å²) in [7, 11) is 1.66. The van der Waals surface area contributed by atoms with Crippen LogP contribution in [0.1, 0.15) is 40.9 Å². The number of halogens is 2. The molecule has 3 heterocycles. The van der Waals surface area contributed by atoms with Crippen LogP contribution in [-0.4, -0.2) is 13.2 Å². The zero-order valence-electron chi connectivity index (χ0n) is 24.1. The second kappa shape index (κ2) is 8.82. The number of furan rings is 1. The van der Waals surface area contributed by atoms with Crippen LogP contribution in [0.4, 0.5) is 8.78 Å². The molecule has 0 N–H and O–H groups in total. The van der Waals surface area contributed by atoms with E-state index in [9.17, 15) is 0 Å². The third-order valence-corrected chi connectivity index (χ3v) is 7.12. The lowest BCUT2D eigenvalue weighted by atomic mass is 9.90. The highest BCUT2D eigenvalue weighted by molar-refractivity contribution is 6.13. The Kier molecular flexibility index (Phi) is 4.57. The number of pyridine rings is 1. The maximum atomic E-state index is 15.4. The van der Waals surface area contributed by atoms with Crippen molar-refractivity contribution in [2.45, 2.75) is 32.5 Å². The molecule has 6 rings (SSSR count). The lowest BCUT2D eigenvalue weighted by molar-refractivity contribution is -0.661. The Labute approximate surface area is 214 Å². The molecule has 2 aromatic heterocycles. The Morgan fingerprint density at radius 1 is 0.889 bits per heavy atom. The maximum Gasteiger partial charge on any atom is 0.219 e. The van der Waals surface area contributed by atoms with Crippen LogP contribution in [0.25, 0.3) is 44.3 Å². The minimum Gasteiger partial charge on any atom is -0.454 e. The van der Waals surface area contributed by atoms with Gasteiger partial charge in [0.2, 0.25) is 5.69 Å². The van der Waals surface area contributed by atoms with Crippen molar-refractivity contribution in [3.05, 3.63) is 89.1 Å². The minimum atomic E-state index is -2.59. The molecule has 5 heteroatoms. The smallest absolute Gasteiger partial charge is 0.219 e. The Balaban J connectivity index is 1.53. The zero-order valence-corrected chi connectivity index (χ0v) is 20.1. The van der Waals surface area contributed by atoms with E-state index in [0.717, 1.165) is 16.5 Å². The fraction of sp³-hybridized carbons (Fsp3) is 0.258. The molecule has 0 bridgehead atoms. The number of hydrogen-bond donors (Lipinski definition) is 0. The van der Waals surface area contributed by atoms with Crippen molar-refractivity contribution in [1.82, 2.24) is 0 Å². The maximum absolute atomic E-state index is 15.4. The zero-order chi connectivity index (χ0) is 28.4. The number of hydrogen-bond acceptors (Lipinski definition) is 2. The summed E-state index contributed by atoms with van der Waals surface area (Å²) < 4.78 is 75.6. The average Bonchev–Trinajstić information content (AvgIpc) is 3.28. The van der Waals surface area contributed by atoms with Gasteiger partial charge in [0.25, 0.3) is 0 Å². The van der Waals surface area contributed by atoms with E-state index in [4.69, 9.17) is 14.6 Å². The van der Waals surface area contributed by atoms with Crippen LogP contribution in [-0.2, 0) is 11.8 Å². The van der Waals surface area contributed by atoms with Gasteiger partial charge in [-0.1, -0.05) is 36.4 Å². The van der Waals surface area contributed by atoms with Gasteiger partial charge in [-0.15, -0.1) is 0 Å². The van der Waals surface area contributed by atoms with Crippen LogP contribution >= 0.6 is 0 Å². The van der Waals surface area contributed by atoms with Crippen molar-refractivity contribution >= 4 is 21.9 Å². The summed E-state index contributed by atoms with van der Waals surface area (Å²) in [6.45, 7) is 0.360. The molecule has 1 fully saturated rings. The van der Waals surface area contributed by atoms with E-state index >= 15 is 8.78 Å². The molecule has 0 aliphatic carbocycles. The van der Waals surface area contributed by atoms with Crippen molar-refractivity contribution in [3.8, 4) is 22.4 Å². The highest BCUT2D eigenvalue weighted by atomic mass is 19.1. The predicted octanol–water partition coefficient (Wildman–Crippen LogP) is 7.53. The van der Waals surface area contributed by atoms with Crippen molar-refractivity contribution in [2.24, 2.45) is 7.05 Å². The second-order valence-corrected chi connectivity index (χ2v) is 9.36. The molecule has 0 atom stereocenters. The Hall–Kier alpha value is -3.57. The summed E-state index contributed by atoms with van der Waals surface area (Å²) in [5.41, 5.74) is 4.10. The summed E-state index contributed by atoms with van der Waals surface area (Å²) in [6, 6.07) is 15.5. The van der Waals surface area contributed by atoms with Gasteiger partial charge in [-0.05, 0) is 61.3 Å². The van der Waals surface area contributed by atoms with Gasteiger partial charge in [0.1, 0.15) is 29.8 Å². The molecule has 182 valence electrons. The van der Waals surface area contributed by atoms with Crippen LogP contribution < -0.4 is 4.57 Å². The topological polar surface area (TPSA) is 26.2 Å². The van der Waals surface area contributed by atoms with Gasteiger partial charge in [-0.25, -0.2) is 13.3 Å². The number of ether oxygens (including phenoxy) is 1. The van der Waals surface area contributed by atoms with E-state index in [0.29, 0.717) is 65.0 Å². The van der Waals surface area contributed by atoms with Gasteiger partial charge in [0.15, 0.2) is 6.20 Å². The molecule has 36 heavy (non-hydrogen) atoms. The minimum absolute atomic E-state index is 0.308. The van der Waals surface area contributed by atoms with Gasteiger partial charge in [-0.3, -0.25) is 0 Å². The summed E-state index contributed by atoms with van der Waals surface area (Å²) in [5, 5.41) is 1.45. The van der Waals surface area contributed by atoms with Crippen molar-refractivity contribution in [2.75, 3.05) is 13.2 Å². The first-order chi connectivity index (χ1) is 19.0. The summed E-state index contributed by atoms with van der Waals surface area (Å²) in [5.74, 6) is -2.00. The van der Waals surface area contributed by atoms with E-state index in [2.05, 4.69) is 0 Å². The normalized spacial score (nSPS) is 17.6. The van der Waals surface area contributed by atoms with Crippen LogP contribution in [0, 0.1) is 25.4 Å². The van der Waals surface area contributed by atoms with Crippen molar-refractivity contribution < 1.29 is 28.0 Å². The Bertz CT molecular complexity index is 1770. The van der Waals surface area contributed by atoms with Gasteiger partial charge in [0.05, 0.1) is 11.1 Å². The highest BCUT2D eigenvalue weighted by Crippen LogP contribution is 2.42. The standard InChI is InChI=1S/C31H28F2NO2/c1-18-4-9-23-24-10-11-25(32)29(22-7-5-20(6-8-22)21-12-14-35-15-13-21)31(24)36-30(23)28(18)27-16-26(33)19(2)17-34(27)3/h4-11,16-17,21H,12-15H2,1-3H3/q+1/i2D3,21D.